The van der Waals surface area contributed by atoms with Gasteiger partial charge in [0.1, 0.15) is 0 Å². The molecule has 1 aromatic rings. The first kappa shape index (κ1) is 12.6. The summed E-state index contributed by atoms with van der Waals surface area (Å²) in [4.78, 5) is 0. The van der Waals surface area contributed by atoms with Crippen molar-refractivity contribution in [2.24, 2.45) is 0 Å². The normalized spacial score (nSPS) is 20.9. The maximum atomic E-state index is 9.29. The van der Waals surface area contributed by atoms with Crippen molar-refractivity contribution in [1.82, 2.24) is 5.32 Å². The number of fused-ring (bicyclic) bond motifs is 1. The van der Waals surface area contributed by atoms with Crippen LogP contribution in [0.15, 0.2) is 24.3 Å². The molecule has 0 aliphatic heterocycles. The van der Waals surface area contributed by atoms with Gasteiger partial charge in [-0.15, -0.1) is 0 Å². The number of aryl methyl sites for hydroxylation is 1. The lowest BCUT2D eigenvalue weighted by Gasteiger charge is -2.29. The number of aliphatic hydroxyl groups excluding tert-OH is 1. The molecule has 2 rings (SSSR count). The average molecular weight is 235 g/mol. The molecular weight excluding hydrogens is 214 g/mol. The van der Waals surface area contributed by atoms with E-state index in [1.807, 2.05) is 0 Å². The first-order chi connectivity index (χ1) is 8.35. The molecule has 0 bridgehead atoms. The van der Waals surface area contributed by atoms with E-state index in [2.05, 4.69) is 29.6 Å². The smallest absolute Gasteiger partial charge is 0.0638 e. The molecule has 1 aliphatic carbocycles. The van der Waals surface area contributed by atoms with E-state index >= 15 is 0 Å². The highest BCUT2D eigenvalue weighted by Crippen LogP contribution is 2.29. The molecule has 0 amide bonds. The largest absolute Gasteiger partial charge is 0.395 e. The molecule has 1 aromatic carbocycles. The summed E-state index contributed by atoms with van der Waals surface area (Å²) >= 11 is 0. The Morgan fingerprint density at radius 1 is 1.47 bits per heavy atom. The summed E-state index contributed by atoms with van der Waals surface area (Å²) in [5.74, 6) is 0. The monoisotopic (exact) mass is 235 g/mol. The second-order valence-corrected chi connectivity index (χ2v) is 4.65. The van der Waals surface area contributed by atoms with Gasteiger partial charge in [-0.1, -0.05) is 24.3 Å². The van der Waals surface area contributed by atoms with Gasteiger partial charge in [-0.3, -0.25) is 0 Å². The minimum absolute atomic E-state index is 0.0242. The first-order valence-corrected chi connectivity index (χ1v) is 6.28. The van der Waals surface area contributed by atoms with E-state index in [0.29, 0.717) is 12.6 Å². The van der Waals surface area contributed by atoms with Crippen LogP contribution >= 0.6 is 0 Å². The van der Waals surface area contributed by atoms with Gasteiger partial charge in [-0.05, 0) is 30.4 Å². The standard InChI is InChI=1S/C14H21NO2/c1-17-10-12(9-16)15-14-8-4-6-11-5-2-3-7-13(11)14/h2-3,5,7,12,14-16H,4,6,8-10H2,1H3. The number of nitrogens with one attached hydrogen (secondary N) is 1. The zero-order valence-corrected chi connectivity index (χ0v) is 10.4. The first-order valence-electron chi connectivity index (χ1n) is 6.28. The Morgan fingerprint density at radius 2 is 2.29 bits per heavy atom. The second kappa shape index (κ2) is 6.15. The van der Waals surface area contributed by atoms with Gasteiger partial charge < -0.3 is 15.2 Å². The zero-order valence-electron chi connectivity index (χ0n) is 10.4. The lowest BCUT2D eigenvalue weighted by atomic mass is 9.87. The van der Waals surface area contributed by atoms with Crippen LogP contribution in [0.4, 0.5) is 0 Å². The summed E-state index contributed by atoms with van der Waals surface area (Å²) in [5, 5.41) is 12.8. The van der Waals surface area contributed by atoms with Gasteiger partial charge in [0.15, 0.2) is 0 Å². The highest BCUT2D eigenvalue weighted by Gasteiger charge is 2.21. The maximum Gasteiger partial charge on any atom is 0.0638 e. The quantitative estimate of drug-likeness (QED) is 0.815. The third kappa shape index (κ3) is 3.06. The molecule has 0 heterocycles. The number of benzene rings is 1. The SMILES string of the molecule is COCC(CO)NC1CCCc2ccccc21. The Hall–Kier alpha value is -0.900. The van der Waals surface area contributed by atoms with E-state index in [1.54, 1.807) is 7.11 Å². The highest BCUT2D eigenvalue weighted by molar-refractivity contribution is 5.32. The van der Waals surface area contributed by atoms with Crippen LogP contribution in [0.1, 0.15) is 30.0 Å². The zero-order chi connectivity index (χ0) is 12.1. The lowest BCUT2D eigenvalue weighted by molar-refractivity contribution is 0.120. The molecule has 0 radical (unpaired) electrons. The predicted octanol–water partition coefficient (Wildman–Crippen LogP) is 1.66. The molecule has 0 saturated heterocycles. The molecule has 0 fully saturated rings. The molecule has 1 aliphatic rings. The molecule has 2 N–H and O–H groups in total. The number of aliphatic hydroxyl groups is 1. The lowest BCUT2D eigenvalue weighted by Crippen LogP contribution is -2.40. The summed E-state index contributed by atoms with van der Waals surface area (Å²) in [6.45, 7) is 0.668. The number of ether oxygens (including phenoxy) is 1. The van der Waals surface area contributed by atoms with Gasteiger partial charge >= 0.3 is 0 Å². The molecule has 17 heavy (non-hydrogen) atoms. The molecule has 94 valence electrons. The van der Waals surface area contributed by atoms with Gasteiger partial charge in [0.2, 0.25) is 0 Å². The number of hydrogen-bond acceptors (Lipinski definition) is 3. The Bertz CT molecular complexity index is 354. The fourth-order valence-electron chi connectivity index (χ4n) is 2.57. The van der Waals surface area contributed by atoms with Crippen molar-refractivity contribution in [3.8, 4) is 0 Å². The van der Waals surface area contributed by atoms with Crippen molar-refractivity contribution in [1.29, 1.82) is 0 Å². The second-order valence-electron chi connectivity index (χ2n) is 4.65. The molecule has 0 aromatic heterocycles. The Morgan fingerprint density at radius 3 is 3.06 bits per heavy atom. The molecule has 0 saturated carbocycles. The van der Waals surface area contributed by atoms with Gasteiger partial charge in [0, 0.05) is 13.2 Å². The van der Waals surface area contributed by atoms with Gasteiger partial charge in [-0.2, -0.15) is 0 Å². The van der Waals surface area contributed by atoms with E-state index < -0.39 is 0 Å². The molecular formula is C14H21NO2. The van der Waals surface area contributed by atoms with Crippen molar-refractivity contribution < 1.29 is 9.84 Å². The van der Waals surface area contributed by atoms with Crippen LogP contribution in [0.5, 0.6) is 0 Å². The van der Waals surface area contributed by atoms with Gasteiger partial charge in [0.05, 0.1) is 19.3 Å². The minimum atomic E-state index is 0.0242. The number of rotatable bonds is 5. The van der Waals surface area contributed by atoms with Gasteiger partial charge in [0.25, 0.3) is 0 Å². The Labute approximate surface area is 103 Å². The van der Waals surface area contributed by atoms with Crippen molar-refractivity contribution in [2.45, 2.75) is 31.3 Å². The maximum absolute atomic E-state index is 9.29. The third-order valence-corrected chi connectivity index (χ3v) is 3.39. The fraction of sp³-hybridized carbons (Fsp3) is 0.571. The van der Waals surface area contributed by atoms with Crippen LogP contribution in [0, 0.1) is 0 Å². The van der Waals surface area contributed by atoms with Crippen LogP contribution in [-0.2, 0) is 11.2 Å². The summed E-state index contributed by atoms with van der Waals surface area (Å²) in [6.07, 6.45) is 3.51. The van der Waals surface area contributed by atoms with Gasteiger partial charge in [-0.25, -0.2) is 0 Å². The molecule has 3 nitrogen and oxygen atoms in total. The molecule has 2 atom stereocenters. The predicted molar refractivity (Wildman–Crippen MR) is 68.0 cm³/mol. The Kier molecular flexibility index (Phi) is 4.54. The summed E-state index contributed by atoms with van der Waals surface area (Å²) in [7, 11) is 1.67. The van der Waals surface area contributed by atoms with Crippen molar-refractivity contribution in [3.63, 3.8) is 0 Å². The summed E-state index contributed by atoms with van der Waals surface area (Å²) in [5.41, 5.74) is 2.82. The molecule has 3 heteroatoms. The molecule has 0 spiro atoms. The highest BCUT2D eigenvalue weighted by atomic mass is 16.5. The van der Waals surface area contributed by atoms with E-state index in [0.717, 1.165) is 6.42 Å². The van der Waals surface area contributed by atoms with E-state index in [4.69, 9.17) is 4.74 Å². The minimum Gasteiger partial charge on any atom is -0.395 e. The van der Waals surface area contributed by atoms with Crippen LogP contribution in [0.25, 0.3) is 0 Å². The van der Waals surface area contributed by atoms with Crippen LogP contribution in [0.3, 0.4) is 0 Å². The number of methoxy groups -OCH3 is 1. The van der Waals surface area contributed by atoms with Crippen LogP contribution in [-0.4, -0.2) is 31.5 Å². The van der Waals surface area contributed by atoms with E-state index in [-0.39, 0.29) is 12.6 Å². The fourth-order valence-corrected chi connectivity index (χ4v) is 2.57. The van der Waals surface area contributed by atoms with Crippen LogP contribution < -0.4 is 5.32 Å². The number of hydrogen-bond donors (Lipinski definition) is 2. The summed E-state index contributed by atoms with van der Waals surface area (Å²) in [6, 6.07) is 8.95. The topological polar surface area (TPSA) is 41.5 Å². The van der Waals surface area contributed by atoms with Crippen molar-refractivity contribution in [2.75, 3.05) is 20.3 Å². The molecule has 2 unspecified atom stereocenters. The Balaban J connectivity index is 2.07. The van der Waals surface area contributed by atoms with Crippen molar-refractivity contribution >= 4 is 0 Å². The van der Waals surface area contributed by atoms with E-state index in [1.165, 1.54) is 24.0 Å². The van der Waals surface area contributed by atoms with E-state index in [9.17, 15) is 5.11 Å². The van der Waals surface area contributed by atoms with Crippen molar-refractivity contribution in [3.05, 3.63) is 35.4 Å². The summed E-state index contributed by atoms with van der Waals surface area (Å²) < 4.78 is 5.10. The van der Waals surface area contributed by atoms with Crippen LogP contribution in [0.2, 0.25) is 0 Å². The third-order valence-electron chi connectivity index (χ3n) is 3.39. The average Bonchev–Trinajstić information content (AvgIpc) is 2.38.